The molecule has 2 N–H and O–H groups in total. The first-order chi connectivity index (χ1) is 11.6. The maximum atomic E-state index is 13.8. The van der Waals surface area contributed by atoms with E-state index in [9.17, 15) is 28.2 Å². The maximum Gasteiger partial charge on any atom is 0.420 e. The number of halogens is 4. The van der Waals surface area contributed by atoms with Crippen LogP contribution in [0.1, 0.15) is 29.0 Å². The Kier molecular flexibility index (Phi) is 4.02. The van der Waals surface area contributed by atoms with E-state index in [2.05, 4.69) is 0 Å². The summed E-state index contributed by atoms with van der Waals surface area (Å²) in [4.78, 5) is 13.5. The van der Waals surface area contributed by atoms with E-state index < -0.39 is 35.7 Å². The molecular formula is C16H14ClF3N2O3. The molecule has 0 saturated carbocycles. The molecule has 2 heterocycles. The van der Waals surface area contributed by atoms with Crippen LogP contribution in [-0.2, 0) is 4.79 Å². The summed E-state index contributed by atoms with van der Waals surface area (Å²) < 4.78 is 41.5. The minimum absolute atomic E-state index is 0.0331. The lowest BCUT2D eigenvalue weighted by Gasteiger charge is -2.36. The van der Waals surface area contributed by atoms with E-state index >= 15 is 0 Å². The molecule has 5 nitrogen and oxygen atoms in total. The number of hydrogen-bond acceptors (Lipinski definition) is 4. The van der Waals surface area contributed by atoms with Gasteiger partial charge in [-0.1, -0.05) is 17.7 Å². The summed E-state index contributed by atoms with van der Waals surface area (Å²) in [5, 5.41) is 29.5. The van der Waals surface area contributed by atoms with Gasteiger partial charge in [0.15, 0.2) is 5.60 Å². The number of aliphatic hydroxyl groups is 2. The summed E-state index contributed by atoms with van der Waals surface area (Å²) in [5.74, 6) is -2.86. The number of nitriles is 1. The molecule has 1 unspecified atom stereocenters. The molecule has 9 heteroatoms. The van der Waals surface area contributed by atoms with E-state index in [0.29, 0.717) is 0 Å². The van der Waals surface area contributed by atoms with Gasteiger partial charge in [-0.2, -0.15) is 18.4 Å². The van der Waals surface area contributed by atoms with Gasteiger partial charge in [-0.25, -0.2) is 0 Å². The fourth-order valence-corrected chi connectivity index (χ4v) is 4.09. The van der Waals surface area contributed by atoms with Crippen LogP contribution >= 0.6 is 11.6 Å². The van der Waals surface area contributed by atoms with Crippen molar-refractivity contribution in [2.24, 2.45) is 0 Å². The van der Waals surface area contributed by atoms with Crippen molar-refractivity contribution in [3.8, 4) is 6.07 Å². The van der Waals surface area contributed by atoms with Gasteiger partial charge in [0.05, 0.1) is 22.7 Å². The predicted molar refractivity (Wildman–Crippen MR) is 80.8 cm³/mol. The number of aliphatic hydroxyl groups excluding tert-OH is 1. The van der Waals surface area contributed by atoms with Crippen molar-refractivity contribution in [3.05, 3.63) is 33.8 Å². The van der Waals surface area contributed by atoms with Crippen molar-refractivity contribution in [2.75, 3.05) is 6.54 Å². The van der Waals surface area contributed by atoms with Crippen molar-refractivity contribution in [2.45, 2.75) is 43.2 Å². The monoisotopic (exact) mass is 374 g/mol. The van der Waals surface area contributed by atoms with Crippen LogP contribution in [-0.4, -0.2) is 51.5 Å². The predicted octanol–water partition coefficient (Wildman–Crippen LogP) is 1.87. The van der Waals surface area contributed by atoms with Crippen LogP contribution in [0, 0.1) is 18.3 Å². The minimum atomic E-state index is -5.15. The SMILES string of the molecule is Cc1c(C2C(=O)N3CC[C@H](O)[C@H]3[C@@]2(O)C(F)(F)F)ccc(C#N)c1Cl. The summed E-state index contributed by atoms with van der Waals surface area (Å²) in [7, 11) is 0. The molecule has 1 amide bonds. The fourth-order valence-electron chi connectivity index (χ4n) is 3.88. The molecule has 2 fully saturated rings. The quantitative estimate of drug-likeness (QED) is 0.786. The molecule has 0 spiro atoms. The highest BCUT2D eigenvalue weighted by atomic mass is 35.5. The van der Waals surface area contributed by atoms with E-state index in [4.69, 9.17) is 16.9 Å². The highest BCUT2D eigenvalue weighted by molar-refractivity contribution is 6.32. The molecule has 25 heavy (non-hydrogen) atoms. The maximum absolute atomic E-state index is 13.8. The van der Waals surface area contributed by atoms with Crippen LogP contribution in [0.15, 0.2) is 12.1 Å². The Hall–Kier alpha value is -1.82. The highest BCUT2D eigenvalue weighted by Gasteiger charge is 2.74. The Balaban J connectivity index is 2.23. The van der Waals surface area contributed by atoms with Gasteiger partial charge < -0.3 is 15.1 Å². The third kappa shape index (κ3) is 2.26. The van der Waals surface area contributed by atoms with Crippen LogP contribution in [0.5, 0.6) is 0 Å². The lowest BCUT2D eigenvalue weighted by atomic mass is 9.76. The van der Waals surface area contributed by atoms with Gasteiger partial charge in [0.2, 0.25) is 5.91 Å². The Bertz CT molecular complexity index is 792. The second-order valence-corrected chi connectivity index (χ2v) is 6.72. The number of alkyl halides is 3. The summed E-state index contributed by atoms with van der Waals surface area (Å²) in [6.45, 7) is 1.32. The molecular weight excluding hydrogens is 361 g/mol. The zero-order valence-electron chi connectivity index (χ0n) is 13.0. The molecule has 134 valence electrons. The topological polar surface area (TPSA) is 84.6 Å². The first kappa shape index (κ1) is 18.0. The summed E-state index contributed by atoms with van der Waals surface area (Å²) in [6.07, 6.45) is -6.66. The molecule has 4 atom stereocenters. The average Bonchev–Trinajstić information content (AvgIpc) is 3.02. The largest absolute Gasteiger partial charge is 0.420 e. The van der Waals surface area contributed by atoms with E-state index in [1.54, 1.807) is 0 Å². The highest BCUT2D eigenvalue weighted by Crippen LogP contribution is 2.54. The molecule has 1 aromatic carbocycles. The molecule has 0 aliphatic carbocycles. The van der Waals surface area contributed by atoms with E-state index in [1.807, 2.05) is 6.07 Å². The van der Waals surface area contributed by atoms with Crippen molar-refractivity contribution in [3.63, 3.8) is 0 Å². The third-order valence-electron chi connectivity index (χ3n) is 5.10. The first-order valence-electron chi connectivity index (χ1n) is 7.52. The smallest absolute Gasteiger partial charge is 0.391 e. The van der Waals surface area contributed by atoms with Crippen LogP contribution in [0.25, 0.3) is 0 Å². The van der Waals surface area contributed by atoms with Gasteiger partial charge in [0.1, 0.15) is 12.0 Å². The van der Waals surface area contributed by atoms with Crippen LogP contribution in [0.4, 0.5) is 13.2 Å². The van der Waals surface area contributed by atoms with E-state index in [0.717, 1.165) is 4.90 Å². The summed E-state index contributed by atoms with van der Waals surface area (Å²) in [6, 6.07) is 2.46. The lowest BCUT2D eigenvalue weighted by Crippen LogP contribution is -2.59. The normalized spacial score (nSPS) is 32.0. The van der Waals surface area contributed by atoms with Gasteiger partial charge >= 0.3 is 6.18 Å². The third-order valence-corrected chi connectivity index (χ3v) is 5.59. The molecule has 2 aliphatic heterocycles. The van der Waals surface area contributed by atoms with Gasteiger partial charge in [0, 0.05) is 6.54 Å². The van der Waals surface area contributed by atoms with Crippen LogP contribution in [0.3, 0.4) is 0 Å². The Morgan fingerprint density at radius 3 is 2.64 bits per heavy atom. The van der Waals surface area contributed by atoms with Crippen LogP contribution < -0.4 is 0 Å². The zero-order valence-corrected chi connectivity index (χ0v) is 13.8. The summed E-state index contributed by atoms with van der Waals surface area (Å²) in [5.41, 5.74) is -3.36. The lowest BCUT2D eigenvalue weighted by molar-refractivity contribution is -0.276. The molecule has 1 aromatic rings. The molecule has 0 radical (unpaired) electrons. The van der Waals surface area contributed by atoms with E-state index in [-0.39, 0.29) is 34.7 Å². The molecule has 0 bridgehead atoms. The van der Waals surface area contributed by atoms with Gasteiger partial charge in [-0.05, 0) is 30.5 Å². The molecule has 2 saturated heterocycles. The second-order valence-electron chi connectivity index (χ2n) is 6.34. The molecule has 3 rings (SSSR count). The number of rotatable bonds is 1. The summed E-state index contributed by atoms with van der Waals surface area (Å²) >= 11 is 6.02. The number of benzene rings is 1. The number of nitrogens with zero attached hydrogens (tertiary/aromatic N) is 2. The van der Waals surface area contributed by atoms with Crippen molar-refractivity contribution in [1.82, 2.24) is 4.90 Å². The fraction of sp³-hybridized carbons (Fsp3) is 0.500. The number of amides is 1. The Morgan fingerprint density at radius 1 is 1.44 bits per heavy atom. The number of carbonyl (C=O) groups is 1. The molecule has 2 aliphatic rings. The van der Waals surface area contributed by atoms with Gasteiger partial charge in [-0.15, -0.1) is 0 Å². The number of fused-ring (bicyclic) bond motifs is 1. The van der Waals surface area contributed by atoms with E-state index in [1.165, 1.54) is 19.1 Å². The number of carbonyl (C=O) groups excluding carboxylic acids is 1. The standard InChI is InChI=1S/C16H14ClF3N2O3/c1-7-9(3-2-8(6-21)12(7)17)11-14(24)22-5-4-10(23)13(22)15(11,25)16(18,19)20/h2-3,10-11,13,23,25H,4-5H2,1H3/t10-,11?,13-,15+/m0/s1. The zero-order chi connectivity index (χ0) is 18.7. The minimum Gasteiger partial charge on any atom is -0.391 e. The average molecular weight is 375 g/mol. The Labute approximate surface area is 146 Å². The number of hydrogen-bond donors (Lipinski definition) is 2. The van der Waals surface area contributed by atoms with Gasteiger partial charge in [-0.3, -0.25) is 4.79 Å². The van der Waals surface area contributed by atoms with Crippen molar-refractivity contribution >= 4 is 17.5 Å². The first-order valence-corrected chi connectivity index (χ1v) is 7.90. The van der Waals surface area contributed by atoms with Gasteiger partial charge in [0.25, 0.3) is 0 Å². The second kappa shape index (κ2) is 5.59. The van der Waals surface area contributed by atoms with Crippen molar-refractivity contribution < 1.29 is 28.2 Å². The Morgan fingerprint density at radius 2 is 2.08 bits per heavy atom. The van der Waals surface area contributed by atoms with Crippen molar-refractivity contribution in [1.29, 1.82) is 5.26 Å². The molecule has 0 aromatic heterocycles. The van der Waals surface area contributed by atoms with Crippen LogP contribution in [0.2, 0.25) is 5.02 Å².